The first-order chi connectivity index (χ1) is 14.2. The number of phenolic OH excluding ortho intramolecular Hbond substituents is 1. The molecule has 1 aliphatic heterocycles. The number of likely N-dealkylation sites (tertiary alicyclic amines) is 1. The van der Waals surface area contributed by atoms with Gasteiger partial charge in [0.1, 0.15) is 5.76 Å². The molecule has 0 aromatic heterocycles. The van der Waals surface area contributed by atoms with Gasteiger partial charge in [0.15, 0.2) is 11.5 Å². The third-order valence-electron chi connectivity index (χ3n) is 4.74. The molecule has 0 unspecified atom stereocenters. The fraction of sp³-hybridized carbons (Fsp3) is 0.190. The van der Waals surface area contributed by atoms with Crippen LogP contribution in [0.1, 0.15) is 23.6 Å². The number of methoxy groups -OCH3 is 1. The molecule has 1 heterocycles. The van der Waals surface area contributed by atoms with Crippen LogP contribution in [0, 0.1) is 0 Å². The van der Waals surface area contributed by atoms with E-state index in [0.717, 1.165) is 4.90 Å². The highest BCUT2D eigenvalue weighted by Crippen LogP contribution is 2.41. The van der Waals surface area contributed by atoms with Crippen LogP contribution in [0.5, 0.6) is 11.5 Å². The molecule has 3 N–H and O–H groups in total. The molecule has 1 aliphatic rings. The summed E-state index contributed by atoms with van der Waals surface area (Å²) < 4.78 is 5.10. The summed E-state index contributed by atoms with van der Waals surface area (Å²) in [5, 5.41) is 30.2. The Bertz CT molecular complexity index is 1050. The molecule has 0 saturated carbocycles. The lowest BCUT2D eigenvalue weighted by molar-refractivity contribution is -0.142. The molecule has 2 aromatic rings. The molecule has 2 aromatic carbocycles. The topological polar surface area (TPSA) is 124 Å². The second-order valence-corrected chi connectivity index (χ2v) is 7.01. The number of aliphatic carboxylic acids is 1. The number of carbonyl (C=O) groups excluding carboxylic acids is 2. The van der Waals surface area contributed by atoms with Crippen LogP contribution in [0.3, 0.4) is 0 Å². The number of hydrogen-bond donors (Lipinski definition) is 3. The van der Waals surface area contributed by atoms with Crippen LogP contribution in [0.15, 0.2) is 48.0 Å². The van der Waals surface area contributed by atoms with Gasteiger partial charge in [0.05, 0.1) is 25.1 Å². The van der Waals surface area contributed by atoms with Crippen molar-refractivity contribution < 1.29 is 34.4 Å². The molecule has 0 radical (unpaired) electrons. The molecule has 1 atom stereocenters. The van der Waals surface area contributed by atoms with Crippen LogP contribution in [-0.4, -0.2) is 51.5 Å². The average Bonchev–Trinajstić information content (AvgIpc) is 2.97. The van der Waals surface area contributed by atoms with Crippen LogP contribution in [0.2, 0.25) is 5.02 Å². The van der Waals surface area contributed by atoms with Gasteiger partial charge in [-0.3, -0.25) is 14.4 Å². The van der Waals surface area contributed by atoms with Gasteiger partial charge in [-0.25, -0.2) is 0 Å². The number of ketones is 1. The lowest BCUT2D eigenvalue weighted by atomic mass is 9.95. The summed E-state index contributed by atoms with van der Waals surface area (Å²) in [6.07, 6.45) is -0.389. The molecule has 3 rings (SSSR count). The standard InChI is InChI=1S/C21H18ClNO7/c1-30-15-10-12(4-7-14(15)24)18-17(19(27)11-2-5-13(22)6-3-11)20(28)21(29)23(18)9-8-16(25)26/h2-7,10,18,24,27H,8-9H2,1H3,(H,25,26)/b19-17+/t18-/m1/s1. The Morgan fingerprint density at radius 3 is 2.40 bits per heavy atom. The minimum atomic E-state index is -1.14. The van der Waals surface area contributed by atoms with Crippen molar-refractivity contribution >= 4 is 35.0 Å². The van der Waals surface area contributed by atoms with E-state index in [-0.39, 0.29) is 35.6 Å². The molecule has 0 bridgehead atoms. The number of carbonyl (C=O) groups is 3. The number of ether oxygens (including phenoxy) is 1. The first-order valence-electron chi connectivity index (χ1n) is 8.87. The number of amides is 1. The molecule has 156 valence electrons. The molecule has 0 aliphatic carbocycles. The summed E-state index contributed by atoms with van der Waals surface area (Å²) in [5.74, 6) is -3.48. The van der Waals surface area contributed by atoms with Crippen LogP contribution >= 0.6 is 11.6 Å². The molecule has 1 amide bonds. The zero-order valence-electron chi connectivity index (χ0n) is 15.8. The summed E-state index contributed by atoms with van der Waals surface area (Å²) in [6, 6.07) is 9.20. The van der Waals surface area contributed by atoms with Crippen molar-refractivity contribution in [3.63, 3.8) is 0 Å². The van der Waals surface area contributed by atoms with Gasteiger partial charge >= 0.3 is 5.97 Å². The maximum atomic E-state index is 12.8. The Labute approximate surface area is 176 Å². The van der Waals surface area contributed by atoms with Gasteiger partial charge in [-0.15, -0.1) is 0 Å². The quantitative estimate of drug-likeness (QED) is 0.365. The van der Waals surface area contributed by atoms with Crippen molar-refractivity contribution in [2.75, 3.05) is 13.7 Å². The molecule has 1 fully saturated rings. The van der Waals surface area contributed by atoms with E-state index in [1.54, 1.807) is 0 Å². The average molecular weight is 432 g/mol. The van der Waals surface area contributed by atoms with Crippen molar-refractivity contribution in [1.82, 2.24) is 4.90 Å². The summed E-state index contributed by atoms with van der Waals surface area (Å²) in [4.78, 5) is 37.6. The number of aliphatic hydroxyl groups excluding tert-OH is 1. The number of Topliss-reactive ketones (excluding diaryl/α,β-unsaturated/α-hetero) is 1. The van der Waals surface area contributed by atoms with E-state index in [2.05, 4.69) is 0 Å². The monoisotopic (exact) mass is 431 g/mol. The van der Waals surface area contributed by atoms with Crippen LogP contribution in [-0.2, 0) is 14.4 Å². The third-order valence-corrected chi connectivity index (χ3v) is 5.00. The second-order valence-electron chi connectivity index (χ2n) is 6.57. The summed E-state index contributed by atoms with van der Waals surface area (Å²) in [7, 11) is 1.34. The molecular formula is C21H18ClNO7. The number of aliphatic hydroxyl groups is 1. The van der Waals surface area contributed by atoms with Gasteiger partial charge < -0.3 is 25.0 Å². The Morgan fingerprint density at radius 2 is 1.80 bits per heavy atom. The number of benzene rings is 2. The van der Waals surface area contributed by atoms with Crippen LogP contribution in [0.4, 0.5) is 0 Å². The lowest BCUT2D eigenvalue weighted by Gasteiger charge is -2.25. The summed E-state index contributed by atoms with van der Waals surface area (Å²) in [6.45, 7) is -0.245. The molecule has 1 saturated heterocycles. The normalized spacial score (nSPS) is 17.9. The number of aromatic hydroxyl groups is 1. The first-order valence-corrected chi connectivity index (χ1v) is 9.25. The van der Waals surface area contributed by atoms with Gasteiger partial charge in [-0.2, -0.15) is 0 Å². The SMILES string of the molecule is COc1cc([C@@H]2/C(=C(\O)c3ccc(Cl)cc3)C(=O)C(=O)N2CCC(=O)O)ccc1O. The highest BCUT2D eigenvalue weighted by atomic mass is 35.5. The number of carboxylic acids is 1. The molecule has 9 heteroatoms. The van der Waals surface area contributed by atoms with Crippen molar-refractivity contribution in [1.29, 1.82) is 0 Å². The fourth-order valence-electron chi connectivity index (χ4n) is 3.30. The number of rotatable bonds is 6. The lowest BCUT2D eigenvalue weighted by Crippen LogP contribution is -2.31. The van der Waals surface area contributed by atoms with E-state index in [4.69, 9.17) is 21.4 Å². The smallest absolute Gasteiger partial charge is 0.305 e. The number of hydrogen-bond acceptors (Lipinski definition) is 6. The van der Waals surface area contributed by atoms with E-state index in [9.17, 15) is 24.6 Å². The number of nitrogens with zero attached hydrogens (tertiary/aromatic N) is 1. The van der Waals surface area contributed by atoms with E-state index in [1.165, 1.54) is 49.6 Å². The van der Waals surface area contributed by atoms with E-state index in [1.807, 2.05) is 0 Å². The predicted octanol–water partition coefficient (Wildman–Crippen LogP) is 2.95. The van der Waals surface area contributed by atoms with Gasteiger partial charge in [0.2, 0.25) is 0 Å². The van der Waals surface area contributed by atoms with Crippen LogP contribution < -0.4 is 4.74 Å². The number of phenols is 1. The minimum absolute atomic E-state index is 0.0998. The van der Waals surface area contributed by atoms with Crippen molar-refractivity contribution in [2.45, 2.75) is 12.5 Å². The first kappa shape index (κ1) is 21.2. The van der Waals surface area contributed by atoms with E-state index >= 15 is 0 Å². The fourth-order valence-corrected chi connectivity index (χ4v) is 3.43. The maximum Gasteiger partial charge on any atom is 0.305 e. The summed E-state index contributed by atoms with van der Waals surface area (Å²) >= 11 is 5.87. The Hall–Kier alpha value is -3.52. The minimum Gasteiger partial charge on any atom is -0.507 e. The third kappa shape index (κ3) is 3.95. The number of halogens is 1. The molecular weight excluding hydrogens is 414 g/mol. The maximum absolute atomic E-state index is 12.8. The Kier molecular flexibility index (Phi) is 5.98. The van der Waals surface area contributed by atoms with Gasteiger partial charge in [0.25, 0.3) is 11.7 Å². The molecule has 0 spiro atoms. The summed E-state index contributed by atoms with van der Waals surface area (Å²) in [5.41, 5.74) is 0.441. The van der Waals surface area contributed by atoms with E-state index < -0.39 is 29.5 Å². The predicted molar refractivity (Wildman–Crippen MR) is 107 cm³/mol. The Morgan fingerprint density at radius 1 is 1.13 bits per heavy atom. The zero-order chi connectivity index (χ0) is 22.0. The van der Waals surface area contributed by atoms with Gasteiger partial charge in [0, 0.05) is 17.1 Å². The highest BCUT2D eigenvalue weighted by Gasteiger charge is 2.46. The van der Waals surface area contributed by atoms with Gasteiger partial charge in [-0.05, 0) is 42.0 Å². The zero-order valence-corrected chi connectivity index (χ0v) is 16.6. The van der Waals surface area contributed by atoms with E-state index in [0.29, 0.717) is 10.6 Å². The Balaban J connectivity index is 2.18. The van der Waals surface area contributed by atoms with Gasteiger partial charge in [-0.1, -0.05) is 17.7 Å². The van der Waals surface area contributed by atoms with Crippen molar-refractivity contribution in [3.8, 4) is 11.5 Å². The second kappa shape index (κ2) is 8.46. The molecule has 30 heavy (non-hydrogen) atoms. The van der Waals surface area contributed by atoms with Crippen LogP contribution in [0.25, 0.3) is 5.76 Å². The molecule has 8 nitrogen and oxygen atoms in total. The number of carboxylic acid groups (broad SMARTS) is 1. The van der Waals surface area contributed by atoms with Crippen molar-refractivity contribution in [2.24, 2.45) is 0 Å². The highest BCUT2D eigenvalue weighted by molar-refractivity contribution is 6.46. The largest absolute Gasteiger partial charge is 0.507 e. The van der Waals surface area contributed by atoms with Crippen molar-refractivity contribution in [3.05, 3.63) is 64.2 Å².